The Kier molecular flexibility index (Phi) is 4.11. The molecule has 1 unspecified atom stereocenters. The minimum absolute atomic E-state index is 0.152. The van der Waals surface area contributed by atoms with Crippen LogP contribution in [0.1, 0.15) is 34.1 Å². The third-order valence-electron chi connectivity index (χ3n) is 2.42. The zero-order valence-corrected chi connectivity index (χ0v) is 10.5. The van der Waals surface area contributed by atoms with Gasteiger partial charge in [0.05, 0.1) is 0 Å². The number of hydrogen-bond donors (Lipinski definition) is 0. The lowest BCUT2D eigenvalue weighted by molar-refractivity contribution is -0.133. The van der Waals surface area contributed by atoms with Gasteiger partial charge in [0.2, 0.25) is 0 Å². The number of rotatable bonds is 4. The first-order valence-electron chi connectivity index (χ1n) is 5.71. The van der Waals surface area contributed by atoms with E-state index in [2.05, 4.69) is 0 Å². The second-order valence-electron chi connectivity index (χ2n) is 4.94. The van der Waals surface area contributed by atoms with Crippen LogP contribution < -0.4 is 4.74 Å². The zero-order chi connectivity index (χ0) is 12.2. The molecule has 16 heavy (non-hydrogen) atoms. The van der Waals surface area contributed by atoms with Crippen LogP contribution in [0, 0.1) is 5.41 Å². The van der Waals surface area contributed by atoms with Crippen molar-refractivity contribution in [1.29, 1.82) is 0 Å². The Bertz CT molecular complexity index is 336. The average molecular weight is 220 g/mol. The molecule has 1 rings (SSSR count). The molecule has 0 heterocycles. The van der Waals surface area contributed by atoms with E-state index < -0.39 is 0 Å². The van der Waals surface area contributed by atoms with Crippen molar-refractivity contribution in [2.75, 3.05) is 0 Å². The van der Waals surface area contributed by atoms with E-state index in [1.165, 1.54) is 0 Å². The summed E-state index contributed by atoms with van der Waals surface area (Å²) in [6.45, 7) is 7.74. The van der Waals surface area contributed by atoms with Crippen LogP contribution in [0.2, 0.25) is 0 Å². The molecular formula is C14H20O2. The van der Waals surface area contributed by atoms with Crippen LogP contribution >= 0.6 is 0 Å². The number of Topliss-reactive ketones (excluding diaryl/α,β-unsaturated/α-hetero) is 1. The van der Waals surface area contributed by atoms with E-state index in [4.69, 9.17) is 4.74 Å². The summed E-state index contributed by atoms with van der Waals surface area (Å²) < 4.78 is 5.70. The van der Waals surface area contributed by atoms with Crippen molar-refractivity contribution in [3.63, 3.8) is 0 Å². The minimum atomic E-state index is -0.352. The van der Waals surface area contributed by atoms with Gasteiger partial charge in [-0.15, -0.1) is 0 Å². The lowest BCUT2D eigenvalue weighted by Gasteiger charge is -2.24. The molecule has 0 saturated heterocycles. The van der Waals surface area contributed by atoms with E-state index in [-0.39, 0.29) is 17.3 Å². The first-order chi connectivity index (χ1) is 7.45. The maximum atomic E-state index is 12.1. The van der Waals surface area contributed by atoms with Gasteiger partial charge in [-0.05, 0) is 18.6 Å². The van der Waals surface area contributed by atoms with Gasteiger partial charge in [-0.2, -0.15) is 0 Å². The van der Waals surface area contributed by atoms with E-state index in [1.807, 2.05) is 58.0 Å². The molecule has 2 nitrogen and oxygen atoms in total. The Morgan fingerprint density at radius 3 is 2.25 bits per heavy atom. The van der Waals surface area contributed by atoms with Crippen molar-refractivity contribution >= 4 is 5.78 Å². The molecule has 0 aliphatic carbocycles. The summed E-state index contributed by atoms with van der Waals surface area (Å²) >= 11 is 0. The SMILES string of the molecule is CCC(Oc1ccccc1)C(=O)C(C)(C)C. The highest BCUT2D eigenvalue weighted by Gasteiger charge is 2.29. The van der Waals surface area contributed by atoms with E-state index in [1.54, 1.807) is 0 Å². The number of hydrogen-bond acceptors (Lipinski definition) is 2. The standard InChI is InChI=1S/C14H20O2/c1-5-12(13(15)14(2,3)4)16-11-9-7-6-8-10-11/h6-10,12H,5H2,1-4H3. The van der Waals surface area contributed by atoms with Gasteiger partial charge < -0.3 is 4.74 Å². The van der Waals surface area contributed by atoms with Crippen LogP contribution in [0.3, 0.4) is 0 Å². The molecule has 0 aromatic heterocycles. The molecular weight excluding hydrogens is 200 g/mol. The molecule has 0 amide bonds. The third-order valence-corrected chi connectivity index (χ3v) is 2.42. The van der Waals surface area contributed by atoms with Crippen LogP contribution in [-0.2, 0) is 4.79 Å². The van der Waals surface area contributed by atoms with Gasteiger partial charge in [0.1, 0.15) is 5.75 Å². The van der Waals surface area contributed by atoms with Crippen LogP contribution in [0.25, 0.3) is 0 Å². The summed E-state index contributed by atoms with van der Waals surface area (Å²) in [5.41, 5.74) is -0.352. The van der Waals surface area contributed by atoms with Crippen molar-refractivity contribution in [2.45, 2.75) is 40.2 Å². The monoisotopic (exact) mass is 220 g/mol. The molecule has 0 aliphatic rings. The van der Waals surface area contributed by atoms with Gasteiger partial charge in [-0.1, -0.05) is 45.9 Å². The second-order valence-corrected chi connectivity index (χ2v) is 4.94. The summed E-state index contributed by atoms with van der Waals surface area (Å²) in [4.78, 5) is 12.1. The summed E-state index contributed by atoms with van der Waals surface area (Å²) in [5.74, 6) is 0.908. The molecule has 0 bridgehead atoms. The van der Waals surface area contributed by atoms with Gasteiger partial charge >= 0.3 is 0 Å². The number of ether oxygens (including phenoxy) is 1. The normalized spacial score (nSPS) is 13.2. The quantitative estimate of drug-likeness (QED) is 0.776. The number of carbonyl (C=O) groups excluding carboxylic acids is 1. The number of ketones is 1. The highest BCUT2D eigenvalue weighted by atomic mass is 16.5. The predicted molar refractivity (Wildman–Crippen MR) is 65.6 cm³/mol. The fraction of sp³-hybridized carbons (Fsp3) is 0.500. The van der Waals surface area contributed by atoms with Gasteiger partial charge in [0, 0.05) is 5.41 Å². The van der Waals surface area contributed by atoms with Crippen LogP contribution in [0.15, 0.2) is 30.3 Å². The van der Waals surface area contributed by atoms with Crippen molar-refractivity contribution < 1.29 is 9.53 Å². The van der Waals surface area contributed by atoms with E-state index in [9.17, 15) is 4.79 Å². The van der Waals surface area contributed by atoms with Crippen LogP contribution in [0.4, 0.5) is 0 Å². The fourth-order valence-corrected chi connectivity index (χ4v) is 1.47. The molecule has 0 fully saturated rings. The maximum Gasteiger partial charge on any atom is 0.178 e. The average Bonchev–Trinajstić information content (AvgIpc) is 2.25. The van der Waals surface area contributed by atoms with E-state index in [0.29, 0.717) is 6.42 Å². The topological polar surface area (TPSA) is 26.3 Å². The fourth-order valence-electron chi connectivity index (χ4n) is 1.47. The highest BCUT2D eigenvalue weighted by molar-refractivity contribution is 5.88. The Morgan fingerprint density at radius 1 is 1.25 bits per heavy atom. The lowest BCUT2D eigenvalue weighted by Crippen LogP contribution is -2.36. The van der Waals surface area contributed by atoms with Gasteiger partial charge in [-0.3, -0.25) is 4.79 Å². The second kappa shape index (κ2) is 5.15. The van der Waals surface area contributed by atoms with E-state index >= 15 is 0 Å². The Morgan fingerprint density at radius 2 is 1.81 bits per heavy atom. The van der Waals surface area contributed by atoms with Crippen molar-refractivity contribution in [2.24, 2.45) is 5.41 Å². The maximum absolute atomic E-state index is 12.1. The predicted octanol–water partition coefficient (Wildman–Crippen LogP) is 3.46. The van der Waals surface area contributed by atoms with Gasteiger partial charge in [-0.25, -0.2) is 0 Å². The Hall–Kier alpha value is -1.31. The van der Waals surface area contributed by atoms with Crippen molar-refractivity contribution in [1.82, 2.24) is 0 Å². The summed E-state index contributed by atoms with van der Waals surface area (Å²) in [6.07, 6.45) is 0.354. The summed E-state index contributed by atoms with van der Waals surface area (Å²) in [6, 6.07) is 9.49. The van der Waals surface area contributed by atoms with E-state index in [0.717, 1.165) is 5.75 Å². The molecule has 0 aliphatic heterocycles. The molecule has 1 aromatic carbocycles. The van der Waals surface area contributed by atoms with Crippen molar-refractivity contribution in [3.05, 3.63) is 30.3 Å². The Balaban J connectivity index is 2.74. The minimum Gasteiger partial charge on any atom is -0.483 e. The van der Waals surface area contributed by atoms with Gasteiger partial charge in [0.25, 0.3) is 0 Å². The van der Waals surface area contributed by atoms with Crippen molar-refractivity contribution in [3.8, 4) is 5.75 Å². The smallest absolute Gasteiger partial charge is 0.178 e. The number of carbonyl (C=O) groups is 1. The number of para-hydroxylation sites is 1. The molecule has 2 heteroatoms. The molecule has 0 spiro atoms. The lowest BCUT2D eigenvalue weighted by atomic mass is 9.87. The molecule has 0 N–H and O–H groups in total. The Labute approximate surface area is 97.6 Å². The molecule has 0 radical (unpaired) electrons. The molecule has 1 atom stereocenters. The van der Waals surface area contributed by atoms with Crippen LogP contribution in [0.5, 0.6) is 5.75 Å². The molecule has 1 aromatic rings. The third kappa shape index (κ3) is 3.37. The molecule has 88 valence electrons. The zero-order valence-electron chi connectivity index (χ0n) is 10.5. The number of benzene rings is 1. The van der Waals surface area contributed by atoms with Crippen LogP contribution in [-0.4, -0.2) is 11.9 Å². The highest BCUT2D eigenvalue weighted by Crippen LogP contribution is 2.22. The van der Waals surface area contributed by atoms with Gasteiger partial charge in [0.15, 0.2) is 11.9 Å². The largest absolute Gasteiger partial charge is 0.483 e. The summed E-state index contributed by atoms with van der Waals surface area (Å²) in [5, 5.41) is 0. The summed E-state index contributed by atoms with van der Waals surface area (Å²) in [7, 11) is 0. The first-order valence-corrected chi connectivity index (χ1v) is 5.71. The first kappa shape index (κ1) is 12.8. The molecule has 0 saturated carbocycles.